The highest BCUT2D eigenvalue weighted by Gasteiger charge is 2.31. The molecule has 1 heterocycles. The third-order valence-corrected chi connectivity index (χ3v) is 8.54. The largest absolute Gasteiger partial charge is 0.493 e. The van der Waals surface area contributed by atoms with Crippen molar-refractivity contribution in [3.05, 3.63) is 49.7 Å². The molecule has 1 aromatic heterocycles. The Labute approximate surface area is 214 Å². The number of fused-ring (bicyclic) bond motifs is 1. The number of aryl methyl sites for hydroxylation is 4. The molecule has 2 aromatic rings. The number of rotatable bonds is 13. The van der Waals surface area contributed by atoms with Crippen molar-refractivity contribution in [1.82, 2.24) is 5.32 Å². The van der Waals surface area contributed by atoms with Crippen molar-refractivity contribution in [1.29, 1.82) is 0 Å². The van der Waals surface area contributed by atoms with Gasteiger partial charge in [0.2, 0.25) is 0 Å². The summed E-state index contributed by atoms with van der Waals surface area (Å²) < 4.78 is 6.03. The van der Waals surface area contributed by atoms with Crippen molar-refractivity contribution in [3.63, 3.8) is 0 Å². The van der Waals surface area contributed by atoms with Gasteiger partial charge in [-0.25, -0.2) is 0 Å². The van der Waals surface area contributed by atoms with Crippen molar-refractivity contribution in [3.8, 4) is 5.75 Å². The lowest BCUT2D eigenvalue weighted by Gasteiger charge is -2.30. The number of benzene rings is 1. The van der Waals surface area contributed by atoms with Crippen LogP contribution < -0.4 is 10.1 Å². The number of aliphatic hydroxyl groups is 2. The monoisotopic (exact) mass is 501 g/mol. The summed E-state index contributed by atoms with van der Waals surface area (Å²) >= 11 is 1.74. The van der Waals surface area contributed by atoms with Crippen LogP contribution in [0.4, 0.5) is 0 Å². The van der Waals surface area contributed by atoms with Crippen LogP contribution in [-0.4, -0.2) is 48.4 Å². The van der Waals surface area contributed by atoms with Crippen LogP contribution in [0.25, 0.3) is 0 Å². The molecule has 3 N–H and O–H groups in total. The average Bonchev–Trinajstić information content (AvgIpc) is 3.18. The Hall–Kier alpha value is -1.73. The highest BCUT2D eigenvalue weighted by molar-refractivity contribution is 7.14. The smallest absolute Gasteiger partial charge is 0.173 e. The van der Waals surface area contributed by atoms with Gasteiger partial charge in [-0.3, -0.25) is 4.79 Å². The predicted octanol–water partition coefficient (Wildman–Crippen LogP) is 4.97. The standard InChI is InChI=1S/C29H43NO4S/c1-6-26-24-16-29(4,5)11-10-23(24)28(35-26)25(33)9-8-21-14-19(2)27(20(3)15-21)34-13-7-12-30-22(17-31)18-32/h14-15,22,30-32H,6-13,16-18H2,1-5H3. The van der Waals surface area contributed by atoms with E-state index in [4.69, 9.17) is 14.9 Å². The van der Waals surface area contributed by atoms with Crippen LogP contribution in [0.1, 0.15) is 82.4 Å². The fourth-order valence-electron chi connectivity index (χ4n) is 5.09. The lowest BCUT2D eigenvalue weighted by molar-refractivity contribution is 0.0985. The first-order valence-corrected chi connectivity index (χ1v) is 13.8. The first kappa shape index (κ1) is 27.9. The van der Waals surface area contributed by atoms with E-state index < -0.39 is 0 Å². The molecule has 3 rings (SSSR count). The van der Waals surface area contributed by atoms with Gasteiger partial charge in [0.1, 0.15) is 5.75 Å². The van der Waals surface area contributed by atoms with Crippen molar-refractivity contribution < 1.29 is 19.7 Å². The van der Waals surface area contributed by atoms with E-state index in [-0.39, 0.29) is 25.0 Å². The second-order valence-corrected chi connectivity index (χ2v) is 11.8. The molecule has 0 spiro atoms. The van der Waals surface area contributed by atoms with E-state index >= 15 is 0 Å². The van der Waals surface area contributed by atoms with Crippen LogP contribution in [0.15, 0.2) is 12.1 Å². The maximum atomic E-state index is 13.3. The van der Waals surface area contributed by atoms with E-state index in [1.807, 2.05) is 0 Å². The summed E-state index contributed by atoms with van der Waals surface area (Å²) in [6.45, 7) is 12.1. The summed E-state index contributed by atoms with van der Waals surface area (Å²) in [6.07, 6.45) is 6.35. The molecule has 0 aliphatic heterocycles. The number of Topliss-reactive ketones (excluding diaryl/α,β-unsaturated/α-hetero) is 1. The van der Waals surface area contributed by atoms with Crippen LogP contribution in [-0.2, 0) is 25.7 Å². The number of carbonyl (C=O) groups is 1. The quantitative estimate of drug-likeness (QED) is 0.267. The highest BCUT2D eigenvalue weighted by Crippen LogP contribution is 2.42. The molecule has 0 saturated carbocycles. The van der Waals surface area contributed by atoms with Crippen molar-refractivity contribution in [2.24, 2.45) is 5.41 Å². The molecule has 0 bridgehead atoms. The zero-order chi connectivity index (χ0) is 25.6. The molecule has 194 valence electrons. The van der Waals surface area contributed by atoms with Crippen LogP contribution in [0.5, 0.6) is 5.75 Å². The molecule has 0 fully saturated rings. The van der Waals surface area contributed by atoms with Gasteiger partial charge >= 0.3 is 0 Å². The molecule has 5 nitrogen and oxygen atoms in total. The normalized spacial score (nSPS) is 14.9. The molecule has 1 aromatic carbocycles. The summed E-state index contributed by atoms with van der Waals surface area (Å²) in [4.78, 5) is 15.7. The van der Waals surface area contributed by atoms with Gasteiger partial charge < -0.3 is 20.3 Å². The van der Waals surface area contributed by atoms with Gasteiger partial charge in [-0.1, -0.05) is 32.9 Å². The topological polar surface area (TPSA) is 78.8 Å². The number of thiophene rings is 1. The SMILES string of the molecule is CCc1sc(C(=O)CCc2cc(C)c(OCCCNC(CO)CO)c(C)c2)c2c1CC(C)(C)CC2. The summed E-state index contributed by atoms with van der Waals surface area (Å²) in [5.41, 5.74) is 6.49. The number of ether oxygens (including phenoxy) is 1. The summed E-state index contributed by atoms with van der Waals surface area (Å²) in [5.74, 6) is 1.20. The van der Waals surface area contributed by atoms with Gasteiger partial charge in [-0.05, 0) is 92.1 Å². The summed E-state index contributed by atoms with van der Waals surface area (Å²) in [6, 6.07) is 4.01. The van der Waals surface area contributed by atoms with Gasteiger partial charge in [0.05, 0.1) is 30.7 Å². The lowest BCUT2D eigenvalue weighted by Crippen LogP contribution is -2.36. The number of carbonyl (C=O) groups excluding carboxylic acids is 1. The van der Waals surface area contributed by atoms with E-state index in [0.717, 1.165) is 60.3 Å². The molecule has 0 radical (unpaired) electrons. The van der Waals surface area contributed by atoms with Gasteiger partial charge in [-0.15, -0.1) is 11.3 Å². The first-order valence-electron chi connectivity index (χ1n) is 13.0. The molecule has 0 saturated heterocycles. The predicted molar refractivity (Wildman–Crippen MR) is 144 cm³/mol. The minimum Gasteiger partial charge on any atom is -0.493 e. The molecule has 35 heavy (non-hydrogen) atoms. The third-order valence-electron chi connectivity index (χ3n) is 7.08. The fraction of sp³-hybridized carbons (Fsp3) is 0.621. The fourth-order valence-corrected chi connectivity index (χ4v) is 6.36. The van der Waals surface area contributed by atoms with Gasteiger partial charge in [0, 0.05) is 11.3 Å². The van der Waals surface area contributed by atoms with E-state index in [9.17, 15) is 4.79 Å². The Balaban J connectivity index is 1.58. The van der Waals surface area contributed by atoms with Crippen LogP contribution in [0.2, 0.25) is 0 Å². The molecule has 6 heteroatoms. The summed E-state index contributed by atoms with van der Waals surface area (Å²) in [5, 5.41) is 21.3. The van der Waals surface area contributed by atoms with Crippen LogP contribution >= 0.6 is 11.3 Å². The Bertz CT molecular complexity index is 983. The van der Waals surface area contributed by atoms with E-state index in [1.165, 1.54) is 21.6 Å². The molecule has 0 amide bonds. The van der Waals surface area contributed by atoms with Crippen LogP contribution in [0.3, 0.4) is 0 Å². The van der Waals surface area contributed by atoms with Crippen molar-refractivity contribution in [2.45, 2.75) is 85.6 Å². The number of ketones is 1. The summed E-state index contributed by atoms with van der Waals surface area (Å²) in [7, 11) is 0. The number of aliphatic hydroxyl groups excluding tert-OH is 2. The second-order valence-electron chi connectivity index (χ2n) is 10.7. The number of hydrogen-bond donors (Lipinski definition) is 3. The van der Waals surface area contributed by atoms with Gasteiger partial charge in [0.15, 0.2) is 5.78 Å². The van der Waals surface area contributed by atoms with Crippen molar-refractivity contribution >= 4 is 17.1 Å². The minimum absolute atomic E-state index is 0.0769. The maximum absolute atomic E-state index is 13.3. The molecular formula is C29H43NO4S. The van der Waals surface area contributed by atoms with Crippen LogP contribution in [0, 0.1) is 19.3 Å². The Morgan fingerprint density at radius 1 is 1.17 bits per heavy atom. The third kappa shape index (κ3) is 7.16. The molecule has 0 unspecified atom stereocenters. The van der Waals surface area contributed by atoms with Gasteiger partial charge in [-0.2, -0.15) is 0 Å². The number of hydrogen-bond acceptors (Lipinski definition) is 6. The highest BCUT2D eigenvalue weighted by atomic mass is 32.1. The zero-order valence-corrected chi connectivity index (χ0v) is 22.9. The molecule has 1 aliphatic carbocycles. The lowest BCUT2D eigenvalue weighted by atomic mass is 9.74. The zero-order valence-electron chi connectivity index (χ0n) is 22.1. The number of nitrogens with one attached hydrogen (secondary N) is 1. The van der Waals surface area contributed by atoms with Crippen molar-refractivity contribution in [2.75, 3.05) is 26.4 Å². The molecule has 0 atom stereocenters. The molecule has 1 aliphatic rings. The average molecular weight is 502 g/mol. The van der Waals surface area contributed by atoms with E-state index in [1.54, 1.807) is 11.3 Å². The first-order chi connectivity index (χ1) is 16.7. The van der Waals surface area contributed by atoms with Gasteiger partial charge in [0.25, 0.3) is 0 Å². The maximum Gasteiger partial charge on any atom is 0.173 e. The second kappa shape index (κ2) is 12.5. The Morgan fingerprint density at radius 2 is 1.86 bits per heavy atom. The van der Waals surface area contributed by atoms with E-state index in [0.29, 0.717) is 25.0 Å². The molecular weight excluding hydrogens is 458 g/mol. The minimum atomic E-state index is -0.277. The Kier molecular flexibility index (Phi) is 9.94. The Morgan fingerprint density at radius 3 is 2.49 bits per heavy atom. The van der Waals surface area contributed by atoms with E-state index in [2.05, 4.69) is 52.1 Å².